The first-order valence-electron chi connectivity index (χ1n) is 9.46. The number of hydrogen-bond donors (Lipinski definition) is 1. The summed E-state index contributed by atoms with van der Waals surface area (Å²) in [6.45, 7) is 2.90. The Bertz CT molecular complexity index is 1080. The van der Waals surface area contributed by atoms with Gasteiger partial charge in [0, 0.05) is 29.6 Å². The van der Waals surface area contributed by atoms with Crippen molar-refractivity contribution in [3.63, 3.8) is 0 Å². The molecule has 1 N–H and O–H groups in total. The number of hydrogen-bond acceptors (Lipinski definition) is 3. The van der Waals surface area contributed by atoms with Crippen LogP contribution in [0.25, 0.3) is 11.3 Å². The zero-order valence-electron chi connectivity index (χ0n) is 16.1. The summed E-state index contributed by atoms with van der Waals surface area (Å²) in [6, 6.07) is 17.2. The fourth-order valence-corrected chi connectivity index (χ4v) is 3.62. The molecule has 0 atom stereocenters. The molecule has 2 amide bonds. The molecule has 0 saturated heterocycles. The van der Waals surface area contributed by atoms with E-state index < -0.39 is 0 Å². The Morgan fingerprint density at radius 3 is 2.79 bits per heavy atom. The molecule has 0 spiro atoms. The normalized spacial score (nSPS) is 13.3. The average Bonchev–Trinajstić information content (AvgIpc) is 3.13. The zero-order chi connectivity index (χ0) is 20.4. The molecule has 0 radical (unpaired) electrons. The maximum atomic E-state index is 12.5. The third-order valence-electron chi connectivity index (χ3n) is 4.87. The van der Waals surface area contributed by atoms with Crippen LogP contribution in [0.4, 0.5) is 5.82 Å². The number of carbonyl (C=O) groups is 2. The van der Waals surface area contributed by atoms with E-state index in [4.69, 9.17) is 11.6 Å². The molecule has 1 aromatic heterocycles. The van der Waals surface area contributed by atoms with E-state index in [-0.39, 0.29) is 18.4 Å². The van der Waals surface area contributed by atoms with E-state index in [2.05, 4.69) is 10.4 Å². The summed E-state index contributed by atoms with van der Waals surface area (Å²) < 4.78 is 1.77. The Morgan fingerprint density at radius 2 is 2.00 bits per heavy atom. The van der Waals surface area contributed by atoms with Crippen molar-refractivity contribution in [2.45, 2.75) is 26.4 Å². The summed E-state index contributed by atoms with van der Waals surface area (Å²) in [6.07, 6.45) is 0.314. The predicted molar refractivity (Wildman–Crippen MR) is 113 cm³/mol. The minimum atomic E-state index is -0.209. The van der Waals surface area contributed by atoms with Crippen molar-refractivity contribution in [3.8, 4) is 11.3 Å². The van der Waals surface area contributed by atoms with Crippen LogP contribution in [0.2, 0.25) is 5.02 Å². The molecule has 2 heterocycles. The van der Waals surface area contributed by atoms with Gasteiger partial charge in [-0.3, -0.25) is 14.5 Å². The van der Waals surface area contributed by atoms with E-state index >= 15 is 0 Å². The van der Waals surface area contributed by atoms with E-state index in [1.165, 1.54) is 4.90 Å². The standard InChI is InChI=1S/C22H21ClN4O2/c1-15-4-2-5-16(10-15)13-24-20(28)14-26-21-12-19(17-6-3-7-18(23)11-17)25-27(21)9-8-22(26)29/h2-7,10-12H,8-9,13-14H2,1H3,(H,24,28). The molecular weight excluding hydrogens is 388 g/mol. The van der Waals surface area contributed by atoms with Crippen LogP contribution in [0.5, 0.6) is 0 Å². The maximum Gasteiger partial charge on any atom is 0.240 e. The van der Waals surface area contributed by atoms with Crippen LogP contribution in [0.1, 0.15) is 17.5 Å². The zero-order valence-corrected chi connectivity index (χ0v) is 16.8. The molecule has 0 unspecified atom stereocenters. The van der Waals surface area contributed by atoms with Crippen LogP contribution >= 0.6 is 11.6 Å². The van der Waals surface area contributed by atoms with Gasteiger partial charge in [0.1, 0.15) is 12.4 Å². The topological polar surface area (TPSA) is 67.2 Å². The number of benzene rings is 2. The van der Waals surface area contributed by atoms with Gasteiger partial charge in [0.25, 0.3) is 0 Å². The van der Waals surface area contributed by atoms with Gasteiger partial charge in [-0.15, -0.1) is 0 Å². The molecule has 2 aromatic carbocycles. The molecule has 4 rings (SSSR count). The van der Waals surface area contributed by atoms with Gasteiger partial charge in [0.05, 0.1) is 12.2 Å². The number of nitrogens with one attached hydrogen (secondary N) is 1. The molecule has 1 aliphatic heterocycles. The minimum absolute atomic E-state index is 0.0364. The van der Waals surface area contributed by atoms with Crippen molar-refractivity contribution in [1.29, 1.82) is 0 Å². The minimum Gasteiger partial charge on any atom is -0.350 e. The number of amides is 2. The molecule has 29 heavy (non-hydrogen) atoms. The number of carbonyl (C=O) groups excluding carboxylic acids is 2. The highest BCUT2D eigenvalue weighted by Gasteiger charge is 2.28. The van der Waals surface area contributed by atoms with Gasteiger partial charge in [-0.2, -0.15) is 5.10 Å². The van der Waals surface area contributed by atoms with Crippen molar-refractivity contribution >= 4 is 29.2 Å². The van der Waals surface area contributed by atoms with E-state index in [1.807, 2.05) is 55.5 Å². The summed E-state index contributed by atoms with van der Waals surface area (Å²) in [4.78, 5) is 26.5. The van der Waals surface area contributed by atoms with Crippen molar-refractivity contribution < 1.29 is 9.59 Å². The SMILES string of the molecule is Cc1cccc(CNC(=O)CN2C(=O)CCn3nc(-c4cccc(Cl)c4)cc32)c1. The fourth-order valence-electron chi connectivity index (χ4n) is 3.43. The van der Waals surface area contributed by atoms with Crippen molar-refractivity contribution in [3.05, 3.63) is 70.7 Å². The molecule has 0 fully saturated rings. The Labute approximate surface area is 174 Å². The van der Waals surface area contributed by atoms with Crippen LogP contribution in [-0.4, -0.2) is 28.1 Å². The summed E-state index contributed by atoms with van der Waals surface area (Å²) in [5.41, 5.74) is 3.76. The first-order valence-corrected chi connectivity index (χ1v) is 9.84. The van der Waals surface area contributed by atoms with Crippen LogP contribution < -0.4 is 10.2 Å². The van der Waals surface area contributed by atoms with E-state index in [0.29, 0.717) is 30.4 Å². The summed E-state index contributed by atoms with van der Waals surface area (Å²) in [5.74, 6) is 0.335. The monoisotopic (exact) mass is 408 g/mol. The molecule has 1 aliphatic rings. The maximum absolute atomic E-state index is 12.5. The lowest BCUT2D eigenvalue weighted by Gasteiger charge is -2.26. The third-order valence-corrected chi connectivity index (χ3v) is 5.10. The number of aryl methyl sites for hydroxylation is 2. The second-order valence-corrected chi connectivity index (χ2v) is 7.55. The van der Waals surface area contributed by atoms with Gasteiger partial charge in [-0.1, -0.05) is 53.6 Å². The summed E-state index contributed by atoms with van der Waals surface area (Å²) in [5, 5.41) is 8.10. The highest BCUT2D eigenvalue weighted by atomic mass is 35.5. The van der Waals surface area contributed by atoms with Gasteiger partial charge < -0.3 is 5.32 Å². The second-order valence-electron chi connectivity index (χ2n) is 7.12. The Morgan fingerprint density at radius 1 is 1.17 bits per heavy atom. The lowest BCUT2D eigenvalue weighted by atomic mass is 10.1. The van der Waals surface area contributed by atoms with Crippen molar-refractivity contribution in [2.75, 3.05) is 11.4 Å². The Hall–Kier alpha value is -3.12. The predicted octanol–water partition coefficient (Wildman–Crippen LogP) is 3.57. The van der Waals surface area contributed by atoms with Crippen LogP contribution in [0.3, 0.4) is 0 Å². The molecule has 0 aliphatic carbocycles. The smallest absolute Gasteiger partial charge is 0.240 e. The van der Waals surface area contributed by atoms with Gasteiger partial charge >= 0.3 is 0 Å². The molecular formula is C22H21ClN4O2. The van der Waals surface area contributed by atoms with Crippen LogP contribution in [0, 0.1) is 6.92 Å². The number of aromatic nitrogens is 2. The lowest BCUT2D eigenvalue weighted by Crippen LogP contribution is -2.44. The van der Waals surface area contributed by atoms with Crippen LogP contribution in [-0.2, 0) is 22.7 Å². The van der Waals surface area contributed by atoms with E-state index in [9.17, 15) is 9.59 Å². The van der Waals surface area contributed by atoms with Gasteiger partial charge in [-0.25, -0.2) is 4.68 Å². The van der Waals surface area contributed by atoms with E-state index in [1.54, 1.807) is 10.7 Å². The third kappa shape index (κ3) is 4.32. The van der Waals surface area contributed by atoms with Gasteiger partial charge in [-0.05, 0) is 24.6 Å². The molecule has 148 valence electrons. The van der Waals surface area contributed by atoms with Gasteiger partial charge in [0.15, 0.2) is 0 Å². The number of nitrogens with zero attached hydrogens (tertiary/aromatic N) is 3. The number of fused-ring (bicyclic) bond motifs is 1. The summed E-state index contributed by atoms with van der Waals surface area (Å²) in [7, 11) is 0. The first kappa shape index (κ1) is 19.2. The van der Waals surface area contributed by atoms with Crippen molar-refractivity contribution in [1.82, 2.24) is 15.1 Å². The molecule has 6 nitrogen and oxygen atoms in total. The number of halogens is 1. The average molecular weight is 409 g/mol. The fraction of sp³-hybridized carbons (Fsp3) is 0.227. The largest absolute Gasteiger partial charge is 0.350 e. The van der Waals surface area contributed by atoms with E-state index in [0.717, 1.165) is 22.4 Å². The lowest BCUT2D eigenvalue weighted by molar-refractivity contribution is -0.124. The first-order chi connectivity index (χ1) is 14.0. The highest BCUT2D eigenvalue weighted by Crippen LogP contribution is 2.29. The van der Waals surface area contributed by atoms with Crippen molar-refractivity contribution in [2.24, 2.45) is 0 Å². The Balaban J connectivity index is 1.49. The number of rotatable bonds is 5. The quantitative estimate of drug-likeness (QED) is 0.701. The summed E-state index contributed by atoms with van der Waals surface area (Å²) >= 11 is 6.09. The number of anilines is 1. The molecule has 0 bridgehead atoms. The van der Waals surface area contributed by atoms with Crippen LogP contribution in [0.15, 0.2) is 54.6 Å². The van der Waals surface area contributed by atoms with Gasteiger partial charge in [0.2, 0.25) is 11.8 Å². The highest BCUT2D eigenvalue weighted by molar-refractivity contribution is 6.30. The Kier molecular flexibility index (Phi) is 5.36. The molecule has 3 aromatic rings. The molecule has 0 saturated carbocycles. The molecule has 7 heteroatoms. The second kappa shape index (κ2) is 8.09.